The number of nitrogens with zero attached hydrogens (tertiary/aromatic N) is 2. The summed E-state index contributed by atoms with van der Waals surface area (Å²) in [4.78, 5) is 3.23. The first-order valence-corrected chi connectivity index (χ1v) is 6.18. The summed E-state index contributed by atoms with van der Waals surface area (Å²) in [6.45, 7) is 3.28. The van der Waals surface area contributed by atoms with Crippen LogP contribution in [0.15, 0.2) is 18.3 Å². The van der Waals surface area contributed by atoms with Crippen LogP contribution >= 0.6 is 0 Å². The highest BCUT2D eigenvalue weighted by Gasteiger charge is 2.24. The Morgan fingerprint density at radius 3 is 3.00 bits per heavy atom. The highest BCUT2D eigenvalue weighted by molar-refractivity contribution is 5.60. The van der Waals surface area contributed by atoms with Gasteiger partial charge in [-0.05, 0) is 38.4 Å². The predicted octanol–water partition coefficient (Wildman–Crippen LogP) is 2.15. The van der Waals surface area contributed by atoms with Gasteiger partial charge < -0.3 is 10.3 Å². The number of hydrogen-bond acceptors (Lipinski definition) is 2. The quantitative estimate of drug-likeness (QED) is 0.830. The Balaban J connectivity index is 2.05. The normalized spacial score (nSPS) is 20.0. The molecule has 0 aliphatic carbocycles. The summed E-state index contributed by atoms with van der Waals surface area (Å²) in [6.07, 6.45) is 4.41. The highest BCUT2D eigenvalue weighted by atomic mass is 15.3. The van der Waals surface area contributed by atoms with Gasteiger partial charge in [-0.3, -0.25) is 4.68 Å². The molecule has 1 aliphatic rings. The molecule has 0 amide bonds. The zero-order valence-corrected chi connectivity index (χ0v) is 10.3. The number of H-pyrrole nitrogens is 1. The molecule has 0 aromatic carbocycles. The van der Waals surface area contributed by atoms with E-state index in [-0.39, 0.29) is 0 Å². The Kier molecular flexibility index (Phi) is 2.52. The summed E-state index contributed by atoms with van der Waals surface area (Å²) in [5.74, 6) is 0. The lowest BCUT2D eigenvalue weighted by atomic mass is 10.1. The van der Waals surface area contributed by atoms with Gasteiger partial charge in [0.1, 0.15) is 5.69 Å². The van der Waals surface area contributed by atoms with E-state index in [1.54, 1.807) is 0 Å². The van der Waals surface area contributed by atoms with E-state index >= 15 is 0 Å². The average molecular weight is 230 g/mol. The summed E-state index contributed by atoms with van der Waals surface area (Å²) in [5, 5.41) is 8.18. The van der Waals surface area contributed by atoms with Crippen molar-refractivity contribution in [3.8, 4) is 11.4 Å². The molecule has 1 saturated heterocycles. The maximum atomic E-state index is 4.64. The van der Waals surface area contributed by atoms with Crippen molar-refractivity contribution in [3.05, 3.63) is 29.6 Å². The Bertz CT molecular complexity index is 504. The molecule has 1 atom stereocenters. The molecule has 3 rings (SSSR count). The molecule has 4 nitrogen and oxygen atoms in total. The van der Waals surface area contributed by atoms with E-state index in [1.807, 2.05) is 24.0 Å². The predicted molar refractivity (Wildman–Crippen MR) is 67.7 cm³/mol. The summed E-state index contributed by atoms with van der Waals surface area (Å²) in [7, 11) is 2.04. The largest absolute Gasteiger partial charge is 0.360 e. The van der Waals surface area contributed by atoms with Crippen LogP contribution in [-0.2, 0) is 7.05 Å². The van der Waals surface area contributed by atoms with Gasteiger partial charge in [-0.2, -0.15) is 5.10 Å². The summed E-state index contributed by atoms with van der Waals surface area (Å²) < 4.78 is 2.02. The zero-order chi connectivity index (χ0) is 11.8. The smallest absolute Gasteiger partial charge is 0.112 e. The molecule has 2 aromatic heterocycles. The molecular formula is C13H18N4. The Morgan fingerprint density at radius 1 is 1.47 bits per heavy atom. The summed E-state index contributed by atoms with van der Waals surface area (Å²) >= 11 is 0. The first-order valence-electron chi connectivity index (χ1n) is 6.18. The lowest BCUT2D eigenvalue weighted by Gasteiger charge is -2.11. The molecule has 3 heterocycles. The van der Waals surface area contributed by atoms with Gasteiger partial charge in [0.2, 0.25) is 0 Å². The van der Waals surface area contributed by atoms with Crippen molar-refractivity contribution >= 4 is 0 Å². The summed E-state index contributed by atoms with van der Waals surface area (Å²) in [5.41, 5.74) is 4.78. The van der Waals surface area contributed by atoms with E-state index in [4.69, 9.17) is 0 Å². The SMILES string of the molecule is Cc1c(-c2ccc[nH]2)nn(C)c1C1CCCN1. The van der Waals surface area contributed by atoms with Gasteiger partial charge in [0, 0.05) is 24.8 Å². The molecule has 0 radical (unpaired) electrons. The average Bonchev–Trinajstić information content (AvgIpc) is 2.99. The molecule has 17 heavy (non-hydrogen) atoms. The van der Waals surface area contributed by atoms with E-state index in [1.165, 1.54) is 24.1 Å². The zero-order valence-electron chi connectivity index (χ0n) is 10.3. The van der Waals surface area contributed by atoms with Crippen LogP contribution in [-0.4, -0.2) is 21.3 Å². The van der Waals surface area contributed by atoms with E-state index < -0.39 is 0 Å². The Hall–Kier alpha value is -1.55. The van der Waals surface area contributed by atoms with E-state index in [0.29, 0.717) is 6.04 Å². The maximum absolute atomic E-state index is 4.64. The molecule has 0 saturated carbocycles. The summed E-state index contributed by atoms with van der Waals surface area (Å²) in [6, 6.07) is 4.55. The fourth-order valence-corrected chi connectivity index (χ4v) is 2.78. The fourth-order valence-electron chi connectivity index (χ4n) is 2.78. The van der Waals surface area contributed by atoms with Crippen molar-refractivity contribution in [1.82, 2.24) is 20.1 Å². The molecule has 1 unspecified atom stereocenters. The lowest BCUT2D eigenvalue weighted by Crippen LogP contribution is -2.17. The standard InChI is InChI=1S/C13H18N4/c1-9-12(10-5-3-7-14-10)16-17(2)13(9)11-6-4-8-15-11/h3,5,7,11,14-15H,4,6,8H2,1-2H3. The van der Waals surface area contributed by atoms with Gasteiger partial charge in [-0.1, -0.05) is 0 Å². The second-order valence-corrected chi connectivity index (χ2v) is 4.72. The minimum atomic E-state index is 0.469. The third-order valence-electron chi connectivity index (χ3n) is 3.58. The molecule has 90 valence electrons. The van der Waals surface area contributed by atoms with Crippen molar-refractivity contribution in [2.45, 2.75) is 25.8 Å². The second kappa shape index (κ2) is 4.04. The third-order valence-corrected chi connectivity index (χ3v) is 3.58. The molecule has 2 aromatic rings. The minimum absolute atomic E-state index is 0.469. The molecule has 4 heteroatoms. The number of aromatic amines is 1. The Morgan fingerprint density at radius 2 is 2.35 bits per heavy atom. The van der Waals surface area contributed by atoms with Crippen molar-refractivity contribution < 1.29 is 0 Å². The van der Waals surface area contributed by atoms with Gasteiger partial charge in [0.15, 0.2) is 0 Å². The van der Waals surface area contributed by atoms with Crippen molar-refractivity contribution in [2.75, 3.05) is 6.54 Å². The van der Waals surface area contributed by atoms with Crippen LogP contribution in [0.3, 0.4) is 0 Å². The van der Waals surface area contributed by atoms with Crippen molar-refractivity contribution in [2.24, 2.45) is 7.05 Å². The number of rotatable bonds is 2. The molecule has 0 spiro atoms. The van der Waals surface area contributed by atoms with Crippen LogP contribution < -0.4 is 5.32 Å². The van der Waals surface area contributed by atoms with Gasteiger partial charge in [0.25, 0.3) is 0 Å². The molecule has 0 bridgehead atoms. The number of nitrogens with one attached hydrogen (secondary N) is 2. The van der Waals surface area contributed by atoms with Gasteiger partial charge in [-0.25, -0.2) is 0 Å². The van der Waals surface area contributed by atoms with E-state index in [0.717, 1.165) is 17.9 Å². The van der Waals surface area contributed by atoms with Crippen LogP contribution in [0.2, 0.25) is 0 Å². The van der Waals surface area contributed by atoms with Gasteiger partial charge >= 0.3 is 0 Å². The van der Waals surface area contributed by atoms with Gasteiger partial charge in [0.05, 0.1) is 11.4 Å². The molecule has 2 N–H and O–H groups in total. The second-order valence-electron chi connectivity index (χ2n) is 4.72. The topological polar surface area (TPSA) is 45.6 Å². The van der Waals surface area contributed by atoms with Crippen LogP contribution in [0, 0.1) is 6.92 Å². The number of aryl methyl sites for hydroxylation is 1. The minimum Gasteiger partial charge on any atom is -0.360 e. The van der Waals surface area contributed by atoms with Crippen LogP contribution in [0.4, 0.5) is 0 Å². The van der Waals surface area contributed by atoms with Gasteiger partial charge in [-0.15, -0.1) is 0 Å². The highest BCUT2D eigenvalue weighted by Crippen LogP contribution is 2.30. The fraction of sp³-hybridized carbons (Fsp3) is 0.462. The van der Waals surface area contributed by atoms with Crippen LogP contribution in [0.5, 0.6) is 0 Å². The number of hydrogen-bond donors (Lipinski definition) is 2. The van der Waals surface area contributed by atoms with E-state index in [2.05, 4.69) is 28.4 Å². The van der Waals surface area contributed by atoms with Crippen molar-refractivity contribution in [3.63, 3.8) is 0 Å². The monoisotopic (exact) mass is 230 g/mol. The lowest BCUT2D eigenvalue weighted by molar-refractivity contribution is 0.571. The molecule has 1 fully saturated rings. The molecular weight excluding hydrogens is 212 g/mol. The van der Waals surface area contributed by atoms with Crippen LogP contribution in [0.25, 0.3) is 11.4 Å². The Labute approximate surface area is 101 Å². The third kappa shape index (κ3) is 1.69. The molecule has 1 aliphatic heterocycles. The first kappa shape index (κ1) is 10.6. The van der Waals surface area contributed by atoms with E-state index in [9.17, 15) is 0 Å². The van der Waals surface area contributed by atoms with Crippen LogP contribution in [0.1, 0.15) is 30.1 Å². The maximum Gasteiger partial charge on any atom is 0.112 e. The number of aromatic nitrogens is 3. The first-order chi connectivity index (χ1) is 8.27. The van der Waals surface area contributed by atoms with Crippen molar-refractivity contribution in [1.29, 1.82) is 0 Å².